The molecule has 110 valence electrons. The quantitative estimate of drug-likeness (QED) is 0.779. The number of carbonyl (C=O) groups excluding carboxylic acids is 2. The van der Waals surface area contributed by atoms with Gasteiger partial charge in [0.2, 0.25) is 5.91 Å². The van der Waals surface area contributed by atoms with Crippen molar-refractivity contribution in [1.82, 2.24) is 20.4 Å². The number of carbonyl (C=O) groups is 2. The molecule has 1 aliphatic rings. The number of hydrogen-bond donors (Lipinski definition) is 2. The molecule has 1 saturated heterocycles. The van der Waals surface area contributed by atoms with Crippen molar-refractivity contribution in [3.63, 3.8) is 0 Å². The highest BCUT2D eigenvalue weighted by molar-refractivity contribution is 5.95. The van der Waals surface area contributed by atoms with E-state index in [0.29, 0.717) is 12.2 Å². The maximum atomic E-state index is 11.9. The molecular weight excluding hydrogens is 260 g/mol. The molecule has 7 nitrogen and oxygen atoms in total. The first-order chi connectivity index (χ1) is 9.56. The first-order valence-electron chi connectivity index (χ1n) is 6.73. The molecule has 1 aromatic heterocycles. The molecule has 1 aromatic rings. The van der Waals surface area contributed by atoms with Crippen LogP contribution in [0.3, 0.4) is 0 Å². The predicted octanol–water partition coefficient (Wildman–Crippen LogP) is -0.246. The summed E-state index contributed by atoms with van der Waals surface area (Å²) in [7, 11) is 1.69. The number of aromatic nitrogens is 2. The second-order valence-electron chi connectivity index (χ2n) is 4.92. The molecule has 2 rings (SSSR count). The van der Waals surface area contributed by atoms with Gasteiger partial charge in [-0.25, -0.2) is 0 Å². The minimum absolute atomic E-state index is 0.0459. The smallest absolute Gasteiger partial charge is 0.269 e. The van der Waals surface area contributed by atoms with E-state index in [-0.39, 0.29) is 24.5 Å². The summed E-state index contributed by atoms with van der Waals surface area (Å²) < 4.78 is 6.90. The molecule has 2 N–H and O–H groups in total. The molecule has 1 atom stereocenters. The van der Waals surface area contributed by atoms with Crippen molar-refractivity contribution < 1.29 is 14.3 Å². The third-order valence-electron chi connectivity index (χ3n) is 3.20. The zero-order valence-corrected chi connectivity index (χ0v) is 11.8. The molecule has 0 saturated carbocycles. The van der Waals surface area contributed by atoms with Crippen LogP contribution in [0.1, 0.15) is 29.0 Å². The number of hydrogen-bond acceptors (Lipinski definition) is 4. The molecule has 0 aliphatic carbocycles. The Bertz CT molecular complexity index is 492. The Labute approximate surface area is 117 Å². The molecule has 1 aliphatic heterocycles. The fourth-order valence-electron chi connectivity index (χ4n) is 2.17. The summed E-state index contributed by atoms with van der Waals surface area (Å²) in [5.74, 6) is -0.520. The van der Waals surface area contributed by atoms with E-state index in [1.165, 1.54) is 4.68 Å². The van der Waals surface area contributed by atoms with Gasteiger partial charge < -0.3 is 15.4 Å². The molecule has 1 fully saturated rings. The Morgan fingerprint density at radius 2 is 2.30 bits per heavy atom. The summed E-state index contributed by atoms with van der Waals surface area (Å²) in [5, 5.41) is 9.41. The number of rotatable bonds is 5. The minimum atomic E-state index is -0.305. The van der Waals surface area contributed by atoms with Crippen molar-refractivity contribution in [1.29, 1.82) is 0 Å². The lowest BCUT2D eigenvalue weighted by Gasteiger charge is -2.11. The highest BCUT2D eigenvalue weighted by atomic mass is 16.5. The Kier molecular flexibility index (Phi) is 4.73. The predicted molar refractivity (Wildman–Crippen MR) is 72.3 cm³/mol. The van der Waals surface area contributed by atoms with Gasteiger partial charge in [0.15, 0.2) is 0 Å². The number of ether oxygens (including phenoxy) is 1. The van der Waals surface area contributed by atoms with Crippen molar-refractivity contribution in [2.45, 2.75) is 25.9 Å². The molecule has 1 unspecified atom stereocenters. The van der Waals surface area contributed by atoms with E-state index < -0.39 is 0 Å². The van der Waals surface area contributed by atoms with E-state index >= 15 is 0 Å². The summed E-state index contributed by atoms with van der Waals surface area (Å²) in [4.78, 5) is 23.5. The molecular formula is C13H20N4O3. The van der Waals surface area contributed by atoms with Crippen molar-refractivity contribution in [3.8, 4) is 0 Å². The maximum Gasteiger partial charge on any atom is 0.269 e. The second kappa shape index (κ2) is 6.51. The standard InChI is InChI=1S/C13H20N4O3/c1-9-6-11(17(2)16-9)13(19)15-8-12(18)14-7-10-4-3-5-20-10/h6,10H,3-5,7-8H2,1-2H3,(H,14,18)(H,15,19). The Morgan fingerprint density at radius 3 is 2.90 bits per heavy atom. The zero-order valence-electron chi connectivity index (χ0n) is 11.8. The van der Waals surface area contributed by atoms with Gasteiger partial charge in [-0.2, -0.15) is 5.10 Å². The molecule has 0 bridgehead atoms. The van der Waals surface area contributed by atoms with Crippen LogP contribution < -0.4 is 10.6 Å². The van der Waals surface area contributed by atoms with Gasteiger partial charge in [0.1, 0.15) is 5.69 Å². The van der Waals surface area contributed by atoms with Crippen LogP contribution in [-0.2, 0) is 16.6 Å². The summed E-state index contributed by atoms with van der Waals surface area (Å²) in [6.07, 6.45) is 2.12. The maximum absolute atomic E-state index is 11.9. The van der Waals surface area contributed by atoms with Crippen molar-refractivity contribution >= 4 is 11.8 Å². The molecule has 20 heavy (non-hydrogen) atoms. The molecule has 0 aromatic carbocycles. The number of nitrogens with zero attached hydrogens (tertiary/aromatic N) is 2. The summed E-state index contributed by atoms with van der Waals surface area (Å²) in [5.41, 5.74) is 1.20. The molecule has 0 radical (unpaired) electrons. The molecule has 2 amide bonds. The Hall–Kier alpha value is -1.89. The molecule has 2 heterocycles. The number of aryl methyl sites for hydroxylation is 2. The minimum Gasteiger partial charge on any atom is -0.376 e. The average Bonchev–Trinajstić information content (AvgIpc) is 3.03. The second-order valence-corrected chi connectivity index (χ2v) is 4.92. The van der Waals surface area contributed by atoms with Crippen LogP contribution in [0.15, 0.2) is 6.07 Å². The van der Waals surface area contributed by atoms with Crippen LogP contribution in [-0.4, -0.2) is 47.4 Å². The number of amides is 2. The van der Waals surface area contributed by atoms with Crippen LogP contribution in [0.5, 0.6) is 0 Å². The van der Waals surface area contributed by atoms with Crippen LogP contribution in [0.25, 0.3) is 0 Å². The van der Waals surface area contributed by atoms with Crippen molar-refractivity contribution in [2.75, 3.05) is 19.7 Å². The first-order valence-corrected chi connectivity index (χ1v) is 6.73. The normalized spacial score (nSPS) is 18.0. The van der Waals surface area contributed by atoms with Gasteiger partial charge in [0.25, 0.3) is 5.91 Å². The zero-order chi connectivity index (χ0) is 14.5. The Morgan fingerprint density at radius 1 is 1.50 bits per heavy atom. The van der Waals surface area contributed by atoms with Gasteiger partial charge in [0.05, 0.1) is 18.3 Å². The summed E-state index contributed by atoms with van der Waals surface area (Å²) in [6.45, 7) is 3.03. The highest BCUT2D eigenvalue weighted by Gasteiger charge is 2.17. The monoisotopic (exact) mass is 280 g/mol. The Balaban J connectivity index is 1.72. The van der Waals surface area contributed by atoms with E-state index in [9.17, 15) is 9.59 Å². The fraction of sp³-hybridized carbons (Fsp3) is 0.615. The lowest BCUT2D eigenvalue weighted by atomic mass is 10.2. The van der Waals surface area contributed by atoms with Gasteiger partial charge in [-0.05, 0) is 25.8 Å². The van der Waals surface area contributed by atoms with E-state index in [4.69, 9.17) is 4.74 Å². The highest BCUT2D eigenvalue weighted by Crippen LogP contribution is 2.10. The van der Waals surface area contributed by atoms with Crippen molar-refractivity contribution in [2.24, 2.45) is 7.05 Å². The van der Waals surface area contributed by atoms with Crippen LogP contribution in [0, 0.1) is 6.92 Å². The van der Waals surface area contributed by atoms with Crippen LogP contribution in [0.2, 0.25) is 0 Å². The van der Waals surface area contributed by atoms with Crippen LogP contribution >= 0.6 is 0 Å². The van der Waals surface area contributed by atoms with Gasteiger partial charge in [0, 0.05) is 20.2 Å². The lowest BCUT2D eigenvalue weighted by molar-refractivity contribution is -0.120. The van der Waals surface area contributed by atoms with E-state index in [1.807, 2.05) is 6.92 Å². The largest absolute Gasteiger partial charge is 0.376 e. The SMILES string of the molecule is Cc1cc(C(=O)NCC(=O)NCC2CCCO2)n(C)n1. The van der Waals surface area contributed by atoms with Gasteiger partial charge in [-0.15, -0.1) is 0 Å². The molecule has 0 spiro atoms. The number of nitrogens with one attached hydrogen (secondary N) is 2. The fourth-order valence-corrected chi connectivity index (χ4v) is 2.17. The lowest BCUT2D eigenvalue weighted by Crippen LogP contribution is -2.40. The van der Waals surface area contributed by atoms with E-state index in [0.717, 1.165) is 25.1 Å². The van der Waals surface area contributed by atoms with Gasteiger partial charge >= 0.3 is 0 Å². The van der Waals surface area contributed by atoms with Gasteiger partial charge in [-0.1, -0.05) is 0 Å². The third-order valence-corrected chi connectivity index (χ3v) is 3.20. The average molecular weight is 280 g/mol. The topological polar surface area (TPSA) is 85.3 Å². The van der Waals surface area contributed by atoms with Gasteiger partial charge in [-0.3, -0.25) is 14.3 Å². The van der Waals surface area contributed by atoms with E-state index in [1.54, 1.807) is 13.1 Å². The van der Waals surface area contributed by atoms with Crippen molar-refractivity contribution in [3.05, 3.63) is 17.5 Å². The molecule has 7 heteroatoms. The first kappa shape index (κ1) is 14.5. The van der Waals surface area contributed by atoms with E-state index in [2.05, 4.69) is 15.7 Å². The third kappa shape index (κ3) is 3.80. The summed E-state index contributed by atoms with van der Waals surface area (Å²) in [6, 6.07) is 1.68. The summed E-state index contributed by atoms with van der Waals surface area (Å²) >= 11 is 0. The van der Waals surface area contributed by atoms with Crippen LogP contribution in [0.4, 0.5) is 0 Å².